The molecule has 180 valence electrons. The molecule has 1 aromatic carbocycles. The number of ether oxygens (including phenoxy) is 1. The number of benzene rings is 1. The Kier molecular flexibility index (Phi) is 6.32. The monoisotopic (exact) mass is 465 g/mol. The van der Waals surface area contributed by atoms with Crippen molar-refractivity contribution in [1.82, 2.24) is 24.8 Å². The van der Waals surface area contributed by atoms with Gasteiger partial charge in [0, 0.05) is 71.8 Å². The first-order valence-corrected chi connectivity index (χ1v) is 11.9. The molecule has 2 fully saturated rings. The van der Waals surface area contributed by atoms with Gasteiger partial charge in [-0.05, 0) is 23.6 Å². The van der Waals surface area contributed by atoms with Crippen LogP contribution in [0.25, 0.3) is 11.4 Å². The minimum Gasteiger partial charge on any atom is -0.376 e. The van der Waals surface area contributed by atoms with Gasteiger partial charge in [-0.3, -0.25) is 9.59 Å². The second-order valence-electron chi connectivity index (χ2n) is 9.03. The first kappa shape index (κ1) is 22.5. The van der Waals surface area contributed by atoms with E-state index in [0.717, 1.165) is 18.6 Å². The number of fused-ring (bicyclic) bond motifs is 1. The summed E-state index contributed by atoms with van der Waals surface area (Å²) >= 11 is 0. The van der Waals surface area contributed by atoms with Gasteiger partial charge in [0.15, 0.2) is 5.82 Å². The molecular weight excluding hydrogens is 434 g/mol. The van der Waals surface area contributed by atoms with Crippen molar-refractivity contribution in [3.8, 4) is 11.4 Å². The Balaban J connectivity index is 1.46. The third kappa shape index (κ3) is 4.68. The van der Waals surface area contributed by atoms with Crippen LogP contribution in [0, 0.1) is 0 Å². The third-order valence-electron chi connectivity index (χ3n) is 6.87. The molecule has 2 aromatic rings. The molecule has 5 rings (SSSR count). The van der Waals surface area contributed by atoms with Gasteiger partial charge in [0.05, 0.1) is 13.2 Å². The van der Waals surface area contributed by atoms with Gasteiger partial charge in [0.1, 0.15) is 0 Å². The number of carbonyl (C=O) groups excluding carboxylic acids is 2. The molecular formula is C24H31N7O3. The van der Waals surface area contributed by atoms with E-state index in [1.54, 1.807) is 13.8 Å². The van der Waals surface area contributed by atoms with Gasteiger partial charge in [-0.2, -0.15) is 15.0 Å². The van der Waals surface area contributed by atoms with Crippen LogP contribution in [0.15, 0.2) is 18.2 Å². The normalized spacial score (nSPS) is 18.6. The molecule has 10 heteroatoms. The molecule has 0 spiro atoms. The molecule has 3 aliphatic heterocycles. The molecule has 0 saturated carbocycles. The predicted octanol–water partition coefficient (Wildman–Crippen LogP) is 0.948. The van der Waals surface area contributed by atoms with Crippen molar-refractivity contribution in [3.05, 3.63) is 29.3 Å². The highest BCUT2D eigenvalue weighted by Crippen LogP contribution is 2.27. The maximum atomic E-state index is 11.8. The number of aromatic nitrogens is 3. The number of carbonyl (C=O) groups is 2. The lowest BCUT2D eigenvalue weighted by Crippen LogP contribution is -2.50. The fraction of sp³-hybridized carbons (Fsp3) is 0.542. The number of amides is 2. The highest BCUT2D eigenvalue weighted by molar-refractivity contribution is 5.74. The molecule has 2 amide bonds. The molecule has 2 saturated heterocycles. The highest BCUT2D eigenvalue weighted by Gasteiger charge is 2.26. The first-order valence-electron chi connectivity index (χ1n) is 11.9. The molecule has 0 atom stereocenters. The molecule has 10 nitrogen and oxygen atoms in total. The topological polar surface area (TPSA) is 95.0 Å². The van der Waals surface area contributed by atoms with Gasteiger partial charge >= 0.3 is 0 Å². The van der Waals surface area contributed by atoms with Crippen LogP contribution in [0.5, 0.6) is 0 Å². The lowest BCUT2D eigenvalue weighted by atomic mass is 10.00. The standard InChI is InChI=1S/C24H31N7O3/c1-17(32)28-6-10-30(11-7-28)23-25-22(20-3-4-21-16-34-14-5-19(21)15-20)26-24(27-23)31-12-8-29(9-13-31)18(2)33/h3-4,15H,5-14,16H2,1-2H3. The van der Waals surface area contributed by atoms with Gasteiger partial charge in [0.2, 0.25) is 23.7 Å². The number of anilines is 2. The van der Waals surface area contributed by atoms with Crippen LogP contribution in [0.1, 0.15) is 25.0 Å². The van der Waals surface area contributed by atoms with E-state index < -0.39 is 0 Å². The summed E-state index contributed by atoms with van der Waals surface area (Å²) in [5.74, 6) is 2.12. The van der Waals surface area contributed by atoms with Gasteiger partial charge in [0.25, 0.3) is 0 Å². The van der Waals surface area contributed by atoms with Crippen LogP contribution < -0.4 is 9.80 Å². The van der Waals surface area contributed by atoms with E-state index in [9.17, 15) is 9.59 Å². The largest absolute Gasteiger partial charge is 0.376 e. The summed E-state index contributed by atoms with van der Waals surface area (Å²) in [5, 5.41) is 0. The van der Waals surface area contributed by atoms with Gasteiger partial charge in [-0.1, -0.05) is 12.1 Å². The third-order valence-corrected chi connectivity index (χ3v) is 6.87. The fourth-order valence-corrected chi connectivity index (χ4v) is 4.71. The van der Waals surface area contributed by atoms with Crippen LogP contribution in [0.3, 0.4) is 0 Å². The zero-order chi connectivity index (χ0) is 23.7. The molecule has 4 heterocycles. The van der Waals surface area contributed by atoms with E-state index in [1.807, 2.05) is 9.80 Å². The van der Waals surface area contributed by atoms with E-state index in [-0.39, 0.29) is 11.8 Å². The summed E-state index contributed by atoms with van der Waals surface area (Å²) in [6, 6.07) is 6.32. The average Bonchev–Trinajstić information content (AvgIpc) is 2.88. The number of hydrogen-bond acceptors (Lipinski definition) is 8. The van der Waals surface area contributed by atoms with Crippen LogP contribution in [-0.4, -0.2) is 95.5 Å². The Morgan fingerprint density at radius 3 is 1.85 bits per heavy atom. The zero-order valence-electron chi connectivity index (χ0n) is 19.9. The predicted molar refractivity (Wildman–Crippen MR) is 128 cm³/mol. The van der Waals surface area contributed by atoms with Crippen LogP contribution in [0.4, 0.5) is 11.9 Å². The lowest BCUT2D eigenvalue weighted by Gasteiger charge is -2.36. The van der Waals surface area contributed by atoms with Gasteiger partial charge < -0.3 is 24.3 Å². The Morgan fingerprint density at radius 1 is 0.765 bits per heavy atom. The van der Waals surface area contributed by atoms with Gasteiger partial charge in [-0.15, -0.1) is 0 Å². The van der Waals surface area contributed by atoms with Crippen LogP contribution in [-0.2, 0) is 27.4 Å². The smallest absolute Gasteiger partial charge is 0.230 e. The van der Waals surface area contributed by atoms with Crippen molar-refractivity contribution in [2.45, 2.75) is 26.9 Å². The SMILES string of the molecule is CC(=O)N1CCN(c2nc(-c3ccc4c(c3)CCOC4)nc(N3CCN(C(C)=O)CC3)n2)CC1. The Bertz CT molecular complexity index is 1020. The summed E-state index contributed by atoms with van der Waals surface area (Å²) in [7, 11) is 0. The van der Waals surface area contributed by atoms with E-state index in [0.29, 0.717) is 76.7 Å². The number of nitrogens with zero attached hydrogens (tertiary/aromatic N) is 7. The summed E-state index contributed by atoms with van der Waals surface area (Å²) < 4.78 is 5.58. The summed E-state index contributed by atoms with van der Waals surface area (Å²) in [6.45, 7) is 9.93. The second-order valence-corrected chi connectivity index (χ2v) is 9.03. The van der Waals surface area contributed by atoms with E-state index in [1.165, 1.54) is 11.1 Å². The lowest BCUT2D eigenvalue weighted by molar-refractivity contribution is -0.129. The molecule has 0 aliphatic carbocycles. The molecule has 0 N–H and O–H groups in total. The zero-order valence-corrected chi connectivity index (χ0v) is 19.9. The van der Waals surface area contributed by atoms with E-state index in [2.05, 4.69) is 28.0 Å². The quantitative estimate of drug-likeness (QED) is 0.661. The van der Waals surface area contributed by atoms with Crippen molar-refractivity contribution < 1.29 is 14.3 Å². The maximum Gasteiger partial charge on any atom is 0.230 e. The van der Waals surface area contributed by atoms with Crippen molar-refractivity contribution in [2.24, 2.45) is 0 Å². The average molecular weight is 466 g/mol. The first-order chi connectivity index (χ1) is 16.5. The molecule has 0 radical (unpaired) electrons. The van der Waals surface area contributed by atoms with Crippen LogP contribution in [0.2, 0.25) is 0 Å². The molecule has 0 bridgehead atoms. The molecule has 3 aliphatic rings. The molecule has 34 heavy (non-hydrogen) atoms. The molecule has 1 aromatic heterocycles. The minimum atomic E-state index is 0.0954. The van der Waals surface area contributed by atoms with E-state index in [4.69, 9.17) is 19.7 Å². The van der Waals surface area contributed by atoms with Crippen LogP contribution >= 0.6 is 0 Å². The van der Waals surface area contributed by atoms with E-state index >= 15 is 0 Å². The fourth-order valence-electron chi connectivity index (χ4n) is 4.71. The number of hydrogen-bond donors (Lipinski definition) is 0. The van der Waals surface area contributed by atoms with Crippen molar-refractivity contribution in [1.29, 1.82) is 0 Å². The Hall–Kier alpha value is -3.27. The minimum absolute atomic E-state index is 0.0954. The maximum absolute atomic E-state index is 11.8. The second kappa shape index (κ2) is 9.54. The Labute approximate surface area is 199 Å². The number of rotatable bonds is 3. The molecule has 0 unspecified atom stereocenters. The van der Waals surface area contributed by atoms with Gasteiger partial charge in [-0.25, -0.2) is 0 Å². The Morgan fingerprint density at radius 2 is 1.32 bits per heavy atom. The van der Waals surface area contributed by atoms with Crippen molar-refractivity contribution in [2.75, 3.05) is 68.8 Å². The highest BCUT2D eigenvalue weighted by atomic mass is 16.5. The summed E-state index contributed by atoms with van der Waals surface area (Å²) in [5.41, 5.74) is 3.46. The van der Waals surface area contributed by atoms with Crippen molar-refractivity contribution in [3.63, 3.8) is 0 Å². The summed E-state index contributed by atoms with van der Waals surface area (Å²) in [6.07, 6.45) is 0.883. The summed E-state index contributed by atoms with van der Waals surface area (Å²) in [4.78, 5) is 46.0. The van der Waals surface area contributed by atoms with Crippen molar-refractivity contribution >= 4 is 23.7 Å². The number of piperazine rings is 2.